The van der Waals surface area contributed by atoms with E-state index < -0.39 is 5.97 Å². The second-order valence-corrected chi connectivity index (χ2v) is 8.47. The number of rotatable bonds is 3. The van der Waals surface area contributed by atoms with Crippen LogP contribution in [0.1, 0.15) is 54.9 Å². The fourth-order valence-corrected chi connectivity index (χ4v) is 5.15. The summed E-state index contributed by atoms with van der Waals surface area (Å²) in [5.41, 5.74) is 3.39. The number of aromatic nitrogens is 1. The monoisotopic (exact) mass is 394 g/mol. The van der Waals surface area contributed by atoms with Crippen LogP contribution in [-0.2, 0) is 16.7 Å². The molecule has 5 rings (SSSR count). The van der Waals surface area contributed by atoms with Gasteiger partial charge in [0.15, 0.2) is 5.43 Å². The molecule has 1 aromatic heterocycles. The van der Waals surface area contributed by atoms with Gasteiger partial charge in [0, 0.05) is 36.5 Å². The minimum atomic E-state index is -0.559. The molecule has 2 fully saturated rings. The Kier molecular flexibility index (Phi) is 4.19. The Bertz CT molecular complexity index is 1050. The number of hydrogen-bond acceptors (Lipinski definition) is 5. The van der Waals surface area contributed by atoms with Gasteiger partial charge in [-0.05, 0) is 63.1 Å². The molecule has 1 aliphatic carbocycles. The second-order valence-electron chi connectivity index (χ2n) is 8.47. The van der Waals surface area contributed by atoms with Gasteiger partial charge in [-0.2, -0.15) is 0 Å². The highest BCUT2D eigenvalue weighted by molar-refractivity contribution is 5.89. The normalized spacial score (nSPS) is 18.9. The summed E-state index contributed by atoms with van der Waals surface area (Å²) in [5.74, 6) is -0.240. The lowest BCUT2D eigenvalue weighted by molar-refractivity contribution is 0.0521. The van der Waals surface area contributed by atoms with E-state index in [-0.39, 0.29) is 23.1 Å². The largest absolute Gasteiger partial charge is 0.506 e. The van der Waals surface area contributed by atoms with Crippen LogP contribution >= 0.6 is 0 Å². The molecule has 3 aliphatic rings. The van der Waals surface area contributed by atoms with Gasteiger partial charge in [-0.25, -0.2) is 4.79 Å². The standard InChI is InChI=1S/C23H26N2O4/c1-2-29-22(28)17-14-25-18(12-20(17)26)16-11-19(24-8-3-4-9-24)21(27)10-15(16)13-23(25)6-5-7-23/h10-12,14,27H,2-9,13H2,1H3. The molecule has 0 atom stereocenters. The molecule has 6 nitrogen and oxygen atoms in total. The molecule has 1 aromatic carbocycles. The van der Waals surface area contributed by atoms with Crippen molar-refractivity contribution in [3.8, 4) is 17.0 Å². The number of esters is 1. The highest BCUT2D eigenvalue weighted by atomic mass is 16.5. The number of benzene rings is 1. The van der Waals surface area contributed by atoms with E-state index in [1.165, 1.54) is 0 Å². The van der Waals surface area contributed by atoms with E-state index in [1.54, 1.807) is 19.2 Å². The number of pyridine rings is 1. The number of carbonyl (C=O) groups excluding carboxylic acids is 1. The maximum atomic E-state index is 12.8. The highest BCUT2D eigenvalue weighted by Gasteiger charge is 2.44. The molecule has 29 heavy (non-hydrogen) atoms. The van der Waals surface area contributed by atoms with Crippen molar-refractivity contribution in [1.82, 2.24) is 4.57 Å². The number of fused-ring (bicyclic) bond motifs is 4. The summed E-state index contributed by atoms with van der Waals surface area (Å²) in [4.78, 5) is 27.3. The van der Waals surface area contributed by atoms with Crippen molar-refractivity contribution in [3.63, 3.8) is 0 Å². The maximum Gasteiger partial charge on any atom is 0.343 e. The van der Waals surface area contributed by atoms with Crippen LogP contribution in [-0.4, -0.2) is 35.3 Å². The van der Waals surface area contributed by atoms with Crippen LogP contribution in [0.3, 0.4) is 0 Å². The van der Waals surface area contributed by atoms with Crippen LogP contribution in [0.5, 0.6) is 5.75 Å². The van der Waals surface area contributed by atoms with Crippen molar-refractivity contribution < 1.29 is 14.6 Å². The number of ether oxygens (including phenoxy) is 1. The number of phenolic OH excluding ortho intramolecular Hbond substituents is 1. The molecule has 0 unspecified atom stereocenters. The van der Waals surface area contributed by atoms with Gasteiger partial charge in [-0.3, -0.25) is 4.79 Å². The molecule has 2 aliphatic heterocycles. The van der Waals surface area contributed by atoms with E-state index in [0.29, 0.717) is 5.75 Å². The summed E-state index contributed by atoms with van der Waals surface area (Å²) < 4.78 is 7.24. The Hall–Kier alpha value is -2.76. The van der Waals surface area contributed by atoms with Crippen molar-refractivity contribution in [2.45, 2.75) is 51.0 Å². The van der Waals surface area contributed by atoms with Gasteiger partial charge in [0.05, 0.1) is 18.0 Å². The second kappa shape index (κ2) is 6.65. The zero-order valence-electron chi connectivity index (χ0n) is 16.7. The molecular weight excluding hydrogens is 368 g/mol. The first-order valence-electron chi connectivity index (χ1n) is 10.6. The van der Waals surface area contributed by atoms with Gasteiger partial charge in [0.1, 0.15) is 11.3 Å². The number of anilines is 1. The average Bonchev–Trinajstić information content (AvgIpc) is 3.19. The van der Waals surface area contributed by atoms with Crippen LogP contribution in [0.4, 0.5) is 5.69 Å². The summed E-state index contributed by atoms with van der Waals surface area (Å²) in [6.45, 7) is 3.85. The first-order valence-corrected chi connectivity index (χ1v) is 10.6. The number of nitrogens with zero attached hydrogens (tertiary/aromatic N) is 2. The average molecular weight is 394 g/mol. The molecule has 1 saturated carbocycles. The Morgan fingerprint density at radius 1 is 1.17 bits per heavy atom. The molecule has 1 N–H and O–H groups in total. The zero-order valence-corrected chi connectivity index (χ0v) is 16.7. The van der Waals surface area contributed by atoms with Crippen LogP contribution < -0.4 is 10.3 Å². The van der Waals surface area contributed by atoms with E-state index in [0.717, 1.165) is 74.1 Å². The first kappa shape index (κ1) is 18.3. The van der Waals surface area contributed by atoms with Crippen molar-refractivity contribution in [1.29, 1.82) is 0 Å². The van der Waals surface area contributed by atoms with Gasteiger partial charge >= 0.3 is 5.97 Å². The number of phenols is 1. The number of hydrogen-bond donors (Lipinski definition) is 1. The SMILES string of the molecule is CCOC(=O)c1cn2c(cc1=O)-c1cc(N3CCCC3)c(O)cc1CC21CCC1. The quantitative estimate of drug-likeness (QED) is 0.808. The molecule has 2 aromatic rings. The fraction of sp³-hybridized carbons (Fsp3) is 0.478. The molecule has 0 bridgehead atoms. The predicted molar refractivity (Wildman–Crippen MR) is 111 cm³/mol. The van der Waals surface area contributed by atoms with Gasteiger partial charge in [-0.1, -0.05) is 0 Å². The van der Waals surface area contributed by atoms with Gasteiger partial charge in [0.25, 0.3) is 0 Å². The van der Waals surface area contributed by atoms with E-state index in [9.17, 15) is 14.7 Å². The Morgan fingerprint density at radius 3 is 2.59 bits per heavy atom. The van der Waals surface area contributed by atoms with Crippen LogP contribution in [0, 0.1) is 0 Å². The lowest BCUT2D eigenvalue weighted by atomic mass is 9.69. The maximum absolute atomic E-state index is 12.8. The minimum absolute atomic E-state index is 0.101. The summed E-state index contributed by atoms with van der Waals surface area (Å²) in [5, 5.41) is 10.7. The van der Waals surface area contributed by atoms with Crippen molar-refractivity contribution in [2.24, 2.45) is 0 Å². The van der Waals surface area contributed by atoms with E-state index in [4.69, 9.17) is 4.74 Å². The van der Waals surface area contributed by atoms with Crippen LogP contribution in [0.25, 0.3) is 11.3 Å². The summed E-state index contributed by atoms with van der Waals surface area (Å²) in [6.07, 6.45) is 7.87. The Balaban J connectivity index is 1.69. The molecule has 1 spiro atoms. The summed E-state index contributed by atoms with van der Waals surface area (Å²) in [7, 11) is 0. The van der Waals surface area contributed by atoms with Crippen LogP contribution in [0.2, 0.25) is 0 Å². The zero-order chi connectivity index (χ0) is 20.2. The third-order valence-corrected chi connectivity index (χ3v) is 6.78. The molecule has 152 valence electrons. The Morgan fingerprint density at radius 2 is 1.93 bits per heavy atom. The van der Waals surface area contributed by atoms with E-state index >= 15 is 0 Å². The summed E-state index contributed by atoms with van der Waals surface area (Å²) in [6, 6.07) is 5.49. The van der Waals surface area contributed by atoms with E-state index in [1.807, 2.05) is 12.1 Å². The van der Waals surface area contributed by atoms with Crippen molar-refractivity contribution in [3.05, 3.63) is 45.7 Å². The predicted octanol–water partition coefficient (Wildman–Crippen LogP) is 3.43. The third-order valence-electron chi connectivity index (χ3n) is 6.78. The molecule has 0 radical (unpaired) electrons. The van der Waals surface area contributed by atoms with E-state index in [2.05, 4.69) is 9.47 Å². The smallest absolute Gasteiger partial charge is 0.343 e. The minimum Gasteiger partial charge on any atom is -0.506 e. The fourth-order valence-electron chi connectivity index (χ4n) is 5.15. The van der Waals surface area contributed by atoms with Gasteiger partial charge in [-0.15, -0.1) is 0 Å². The van der Waals surface area contributed by atoms with Crippen molar-refractivity contribution >= 4 is 11.7 Å². The number of aromatic hydroxyl groups is 1. The van der Waals surface area contributed by atoms with Gasteiger partial charge in [0.2, 0.25) is 0 Å². The van der Waals surface area contributed by atoms with Crippen molar-refractivity contribution in [2.75, 3.05) is 24.6 Å². The topological polar surface area (TPSA) is 71.8 Å². The lowest BCUT2D eigenvalue weighted by Crippen LogP contribution is -2.46. The Labute approximate surface area is 169 Å². The lowest BCUT2D eigenvalue weighted by Gasteiger charge is -2.49. The first-order chi connectivity index (χ1) is 14.0. The number of carbonyl (C=O) groups is 1. The molecular formula is C23H26N2O4. The summed E-state index contributed by atoms with van der Waals surface area (Å²) >= 11 is 0. The molecule has 3 heterocycles. The molecule has 0 amide bonds. The van der Waals surface area contributed by atoms with Crippen LogP contribution in [0.15, 0.2) is 29.2 Å². The third kappa shape index (κ3) is 2.76. The molecule has 1 saturated heterocycles. The van der Waals surface area contributed by atoms with Gasteiger partial charge < -0.3 is 19.3 Å². The highest BCUT2D eigenvalue weighted by Crippen LogP contribution is 2.50. The molecule has 6 heteroatoms.